The van der Waals surface area contributed by atoms with Gasteiger partial charge in [0.1, 0.15) is 11.8 Å². The average molecular weight is 379 g/mol. The van der Waals surface area contributed by atoms with Crippen LogP contribution >= 0.6 is 0 Å². The molecule has 7 unspecified atom stereocenters. The van der Waals surface area contributed by atoms with Crippen molar-refractivity contribution in [3.8, 4) is 5.75 Å². The van der Waals surface area contributed by atoms with Crippen molar-refractivity contribution in [1.82, 2.24) is 4.90 Å². The number of hydrogen-bond acceptors (Lipinski definition) is 5. The lowest BCUT2D eigenvalue weighted by Crippen LogP contribution is -2.45. The summed E-state index contributed by atoms with van der Waals surface area (Å²) < 4.78 is 5.41. The average Bonchev–Trinajstić information content (AvgIpc) is 3.45. The van der Waals surface area contributed by atoms with E-state index in [-0.39, 0.29) is 52.6 Å². The number of esters is 1. The Balaban J connectivity index is 1.38. The molecule has 2 amide bonds. The van der Waals surface area contributed by atoms with Gasteiger partial charge in [0.05, 0.1) is 17.4 Å². The van der Waals surface area contributed by atoms with Crippen molar-refractivity contribution in [3.05, 3.63) is 42.0 Å². The van der Waals surface area contributed by atoms with E-state index in [4.69, 9.17) is 4.74 Å². The Labute approximate surface area is 162 Å². The van der Waals surface area contributed by atoms with Crippen molar-refractivity contribution in [3.63, 3.8) is 0 Å². The lowest BCUT2D eigenvalue weighted by molar-refractivity contribution is -0.152. The van der Waals surface area contributed by atoms with Gasteiger partial charge in [-0.1, -0.05) is 24.3 Å². The first-order valence-corrected chi connectivity index (χ1v) is 9.77. The maximum atomic E-state index is 13.1. The third-order valence-corrected chi connectivity index (χ3v) is 6.90. The Morgan fingerprint density at radius 1 is 1.04 bits per heavy atom. The highest BCUT2D eigenvalue weighted by Gasteiger charge is 2.67. The minimum atomic E-state index is -1.03. The van der Waals surface area contributed by atoms with E-state index in [9.17, 15) is 19.2 Å². The maximum absolute atomic E-state index is 13.1. The molecule has 1 aliphatic heterocycles. The van der Waals surface area contributed by atoms with Crippen LogP contribution in [0.15, 0.2) is 36.4 Å². The summed E-state index contributed by atoms with van der Waals surface area (Å²) in [4.78, 5) is 51.7. The van der Waals surface area contributed by atoms with E-state index in [2.05, 4.69) is 12.2 Å². The number of nitrogens with zero attached hydrogens (tertiary/aromatic N) is 1. The van der Waals surface area contributed by atoms with E-state index in [1.54, 1.807) is 18.2 Å². The lowest BCUT2D eigenvalue weighted by Gasteiger charge is -2.37. The number of ether oxygens (including phenoxy) is 1. The standard InChI is InChI=1S/C22H21NO5/c1-10(22(27)28-17-6-4-3-5-12(17)11(2)24)23-20(25)18-13-7-8-14(16-9-15(13)16)19(18)21(23)26/h3-8,10,13-16,18-19H,9H2,1-2H3. The molecule has 1 aromatic carbocycles. The number of carbonyl (C=O) groups excluding carboxylic acids is 4. The number of Topliss-reactive ketones (excluding diaryl/α,β-unsaturated/α-hetero) is 1. The van der Waals surface area contributed by atoms with Crippen molar-refractivity contribution in [2.45, 2.75) is 26.3 Å². The Hall–Kier alpha value is -2.76. The van der Waals surface area contributed by atoms with E-state index in [0.717, 1.165) is 11.3 Å². The molecule has 0 aromatic heterocycles. The fourth-order valence-corrected chi connectivity index (χ4v) is 5.51. The van der Waals surface area contributed by atoms with Gasteiger partial charge in [0.2, 0.25) is 11.8 Å². The van der Waals surface area contributed by atoms with Crippen molar-refractivity contribution in [1.29, 1.82) is 0 Å². The van der Waals surface area contributed by atoms with Crippen molar-refractivity contribution < 1.29 is 23.9 Å². The van der Waals surface area contributed by atoms with E-state index in [1.165, 1.54) is 19.9 Å². The van der Waals surface area contributed by atoms with E-state index < -0.39 is 12.0 Å². The molecule has 2 saturated carbocycles. The number of benzene rings is 1. The summed E-state index contributed by atoms with van der Waals surface area (Å²) in [6.45, 7) is 2.91. The molecule has 4 aliphatic carbocycles. The van der Waals surface area contributed by atoms with Crippen LogP contribution in [0.2, 0.25) is 0 Å². The molecule has 5 aliphatic rings. The largest absolute Gasteiger partial charge is 0.424 e. The van der Waals surface area contributed by atoms with Gasteiger partial charge in [-0.25, -0.2) is 4.79 Å². The molecule has 144 valence electrons. The van der Waals surface area contributed by atoms with Gasteiger partial charge in [-0.05, 0) is 56.1 Å². The van der Waals surface area contributed by atoms with Crippen LogP contribution in [0, 0.1) is 35.5 Å². The number of allylic oxidation sites excluding steroid dienone is 2. The highest BCUT2D eigenvalue weighted by molar-refractivity contribution is 6.09. The fraction of sp³-hybridized carbons (Fsp3) is 0.455. The smallest absolute Gasteiger partial charge is 0.334 e. The first kappa shape index (κ1) is 17.3. The summed E-state index contributed by atoms with van der Waals surface area (Å²) in [6.07, 6.45) is 5.29. The Kier molecular flexibility index (Phi) is 3.63. The van der Waals surface area contributed by atoms with E-state index in [0.29, 0.717) is 11.8 Å². The zero-order valence-corrected chi connectivity index (χ0v) is 15.7. The molecule has 1 heterocycles. The minimum Gasteiger partial charge on any atom is -0.424 e. The Morgan fingerprint density at radius 2 is 1.61 bits per heavy atom. The Bertz CT molecular complexity index is 914. The quantitative estimate of drug-likeness (QED) is 0.263. The second kappa shape index (κ2) is 5.87. The predicted molar refractivity (Wildman–Crippen MR) is 98.1 cm³/mol. The van der Waals surface area contributed by atoms with E-state index in [1.807, 2.05) is 0 Å². The third-order valence-electron chi connectivity index (χ3n) is 6.90. The summed E-state index contributed by atoms with van der Waals surface area (Å²) in [6, 6.07) is 5.43. The number of carbonyl (C=O) groups is 4. The molecule has 0 spiro atoms. The van der Waals surface area contributed by atoms with Gasteiger partial charge in [0.15, 0.2) is 5.78 Å². The molecular weight excluding hydrogens is 358 g/mol. The SMILES string of the molecule is CC(=O)c1ccccc1OC(=O)C(C)N1C(=O)C2C3C=CC(C4CC34)C2C1=O. The fourth-order valence-electron chi connectivity index (χ4n) is 5.51. The first-order valence-electron chi connectivity index (χ1n) is 9.77. The maximum Gasteiger partial charge on any atom is 0.334 e. The third kappa shape index (κ3) is 2.26. The van der Waals surface area contributed by atoms with Crippen molar-refractivity contribution in [2.24, 2.45) is 35.5 Å². The minimum absolute atomic E-state index is 0.114. The van der Waals surface area contributed by atoms with Crippen LogP contribution in [0.3, 0.4) is 0 Å². The zero-order valence-electron chi connectivity index (χ0n) is 15.7. The first-order chi connectivity index (χ1) is 13.4. The van der Waals surface area contributed by atoms with Crippen LogP contribution in [0.25, 0.3) is 0 Å². The molecule has 2 bridgehead atoms. The van der Waals surface area contributed by atoms with Gasteiger partial charge in [-0.2, -0.15) is 0 Å². The molecule has 7 atom stereocenters. The number of imide groups is 1. The second-order valence-corrected chi connectivity index (χ2v) is 8.35. The van der Waals surface area contributed by atoms with Crippen LogP contribution in [0.4, 0.5) is 0 Å². The van der Waals surface area contributed by atoms with Gasteiger partial charge in [0, 0.05) is 0 Å². The van der Waals surface area contributed by atoms with Crippen LogP contribution in [-0.2, 0) is 14.4 Å². The van der Waals surface area contributed by atoms with Gasteiger partial charge in [-0.3, -0.25) is 19.3 Å². The van der Waals surface area contributed by atoms with Gasteiger partial charge >= 0.3 is 5.97 Å². The summed E-state index contributed by atoms with van der Waals surface area (Å²) in [5, 5.41) is 0. The number of hydrogen-bond donors (Lipinski definition) is 0. The van der Waals surface area contributed by atoms with Crippen LogP contribution in [0.1, 0.15) is 30.6 Å². The highest BCUT2D eigenvalue weighted by atomic mass is 16.5. The molecule has 6 nitrogen and oxygen atoms in total. The number of likely N-dealkylation sites (tertiary alicyclic amines) is 1. The number of rotatable bonds is 4. The summed E-state index contributed by atoms with van der Waals surface area (Å²) in [5.41, 5.74) is 0.290. The van der Waals surface area contributed by atoms with Crippen LogP contribution in [0.5, 0.6) is 5.75 Å². The molecule has 0 N–H and O–H groups in total. The molecular formula is C22H21NO5. The predicted octanol–water partition coefficient (Wildman–Crippen LogP) is 2.24. The molecule has 1 saturated heterocycles. The molecule has 3 fully saturated rings. The second-order valence-electron chi connectivity index (χ2n) is 8.35. The number of ketones is 1. The zero-order chi connectivity index (χ0) is 19.7. The van der Waals surface area contributed by atoms with Crippen LogP contribution < -0.4 is 4.74 Å². The highest BCUT2D eigenvalue weighted by Crippen LogP contribution is 2.65. The number of para-hydroxylation sites is 1. The van der Waals surface area contributed by atoms with Gasteiger partial charge in [-0.15, -0.1) is 0 Å². The summed E-state index contributed by atoms with van der Waals surface area (Å²) in [5.74, 6) is -0.741. The van der Waals surface area contributed by atoms with Crippen molar-refractivity contribution in [2.75, 3.05) is 0 Å². The van der Waals surface area contributed by atoms with E-state index >= 15 is 0 Å². The topological polar surface area (TPSA) is 80.8 Å². The van der Waals surface area contributed by atoms with Gasteiger partial charge in [0.25, 0.3) is 0 Å². The normalized spacial score (nSPS) is 35.4. The summed E-state index contributed by atoms with van der Waals surface area (Å²) in [7, 11) is 0. The number of amides is 2. The molecule has 1 aromatic rings. The van der Waals surface area contributed by atoms with Crippen molar-refractivity contribution >= 4 is 23.6 Å². The van der Waals surface area contributed by atoms with Crippen LogP contribution in [-0.4, -0.2) is 34.5 Å². The van der Waals surface area contributed by atoms with Gasteiger partial charge < -0.3 is 4.74 Å². The Morgan fingerprint density at radius 3 is 2.18 bits per heavy atom. The molecule has 0 radical (unpaired) electrons. The molecule has 6 heteroatoms. The monoisotopic (exact) mass is 379 g/mol. The lowest BCUT2D eigenvalue weighted by atomic mass is 9.63. The molecule has 28 heavy (non-hydrogen) atoms. The molecule has 6 rings (SSSR count). The summed E-state index contributed by atoms with van der Waals surface area (Å²) >= 11 is 0.